The minimum absolute atomic E-state index is 0.343. The molecule has 0 aliphatic heterocycles. The average molecular weight is 275 g/mol. The Bertz CT molecular complexity index is 714. The zero-order chi connectivity index (χ0) is 14.9. The normalized spacial score (nSPS) is 11.4. The molecule has 2 rings (SSSR count). The predicted molar refractivity (Wildman–Crippen MR) is 76.3 cm³/mol. The molecule has 1 N–H and O–H groups in total. The largest absolute Gasteiger partial charge is 0.443 e. The molecule has 0 spiro atoms. The van der Waals surface area contributed by atoms with Crippen LogP contribution in [-0.4, -0.2) is 21.4 Å². The molecule has 0 radical (unpaired) electrons. The predicted octanol–water partition coefficient (Wildman–Crippen LogP) is 2.18. The van der Waals surface area contributed by atoms with Crippen molar-refractivity contribution < 1.29 is 9.53 Å². The number of fused-ring (bicyclic) bond motifs is 1. The van der Waals surface area contributed by atoms with Crippen LogP contribution in [0.3, 0.4) is 0 Å². The Morgan fingerprint density at radius 1 is 1.30 bits per heavy atom. The van der Waals surface area contributed by atoms with E-state index in [1.165, 1.54) is 12.4 Å². The van der Waals surface area contributed by atoms with Gasteiger partial charge in [-0.2, -0.15) is 0 Å². The molecule has 0 aliphatic carbocycles. The Balaban J connectivity index is 2.35. The molecular formula is C14H17N3O3. The number of carbonyl (C=O) groups is 1. The number of ether oxygens (including phenoxy) is 1. The van der Waals surface area contributed by atoms with Gasteiger partial charge in [0, 0.05) is 18.6 Å². The molecule has 0 saturated heterocycles. The van der Waals surface area contributed by atoms with E-state index in [4.69, 9.17) is 4.74 Å². The lowest BCUT2D eigenvalue weighted by Gasteiger charge is -2.20. The van der Waals surface area contributed by atoms with Gasteiger partial charge >= 0.3 is 6.09 Å². The summed E-state index contributed by atoms with van der Waals surface area (Å²) in [5.74, 6) is 0. The van der Waals surface area contributed by atoms with Crippen molar-refractivity contribution in [2.45, 2.75) is 33.3 Å². The van der Waals surface area contributed by atoms with Crippen molar-refractivity contribution in [2.75, 3.05) is 5.43 Å². The number of amides is 1. The summed E-state index contributed by atoms with van der Waals surface area (Å²) in [5, 5.41) is 1.26. The third kappa shape index (κ3) is 2.96. The van der Waals surface area contributed by atoms with Crippen LogP contribution >= 0.6 is 0 Å². The van der Waals surface area contributed by atoms with E-state index in [1.807, 2.05) is 6.92 Å². The number of carbonyl (C=O) groups excluding carboxylic acids is 1. The maximum absolute atomic E-state index is 12.2. The van der Waals surface area contributed by atoms with Gasteiger partial charge in [-0.15, -0.1) is 0 Å². The first kappa shape index (κ1) is 14.0. The van der Waals surface area contributed by atoms with Crippen LogP contribution in [0.4, 0.5) is 4.79 Å². The first-order valence-electron chi connectivity index (χ1n) is 6.24. The van der Waals surface area contributed by atoms with Crippen LogP contribution in [0.5, 0.6) is 0 Å². The van der Waals surface area contributed by atoms with Crippen LogP contribution in [-0.2, 0) is 4.74 Å². The lowest BCUT2D eigenvalue weighted by Crippen LogP contribution is -2.36. The molecule has 6 heteroatoms. The quantitative estimate of drug-likeness (QED) is 0.865. The summed E-state index contributed by atoms with van der Waals surface area (Å²) >= 11 is 0. The zero-order valence-corrected chi connectivity index (χ0v) is 11.9. The van der Waals surface area contributed by atoms with Gasteiger partial charge in [0.1, 0.15) is 5.60 Å². The number of hydrogen-bond acceptors (Lipinski definition) is 4. The van der Waals surface area contributed by atoms with Gasteiger partial charge in [-0.05, 0) is 44.7 Å². The first-order chi connectivity index (χ1) is 9.28. The van der Waals surface area contributed by atoms with Gasteiger partial charge in [0.2, 0.25) is 0 Å². The molecule has 2 aromatic heterocycles. The summed E-state index contributed by atoms with van der Waals surface area (Å²) in [6.45, 7) is 7.13. The standard InChI is InChI=1S/C14H17N3O3/c1-9-7-15-8-11-10(9)5-6-17(12(11)18)16-13(19)20-14(2,3)4/h5-8H,1-4H3,(H,16,19). The molecule has 106 valence electrons. The molecular weight excluding hydrogens is 258 g/mol. The molecule has 6 nitrogen and oxygen atoms in total. The summed E-state index contributed by atoms with van der Waals surface area (Å²) in [7, 11) is 0. The lowest BCUT2D eigenvalue weighted by atomic mass is 10.1. The van der Waals surface area contributed by atoms with Crippen LogP contribution in [0.15, 0.2) is 29.5 Å². The number of nitrogens with zero attached hydrogens (tertiary/aromatic N) is 2. The molecule has 0 aromatic carbocycles. The van der Waals surface area contributed by atoms with Gasteiger partial charge in [-0.25, -0.2) is 14.9 Å². The highest BCUT2D eigenvalue weighted by molar-refractivity contribution is 5.84. The molecule has 0 fully saturated rings. The van der Waals surface area contributed by atoms with Gasteiger partial charge in [0.25, 0.3) is 5.56 Å². The molecule has 0 aliphatic rings. The van der Waals surface area contributed by atoms with E-state index < -0.39 is 11.7 Å². The van der Waals surface area contributed by atoms with Crippen LogP contribution in [0, 0.1) is 6.92 Å². The number of aryl methyl sites for hydroxylation is 1. The van der Waals surface area contributed by atoms with Crippen molar-refractivity contribution in [3.8, 4) is 0 Å². The fraction of sp³-hybridized carbons (Fsp3) is 0.357. The van der Waals surface area contributed by atoms with E-state index in [9.17, 15) is 9.59 Å². The molecule has 0 bridgehead atoms. The first-order valence-corrected chi connectivity index (χ1v) is 6.24. The number of aromatic nitrogens is 2. The molecule has 2 heterocycles. The van der Waals surface area contributed by atoms with Crippen molar-refractivity contribution in [2.24, 2.45) is 0 Å². The zero-order valence-electron chi connectivity index (χ0n) is 11.9. The second-order valence-corrected chi connectivity index (χ2v) is 5.52. The van der Waals surface area contributed by atoms with Crippen LogP contribution in [0.2, 0.25) is 0 Å². The summed E-state index contributed by atoms with van der Waals surface area (Å²) in [5.41, 5.74) is 2.33. The number of pyridine rings is 2. The van der Waals surface area contributed by atoms with Crippen LogP contribution in [0.25, 0.3) is 10.8 Å². The second-order valence-electron chi connectivity index (χ2n) is 5.52. The monoisotopic (exact) mass is 275 g/mol. The van der Waals surface area contributed by atoms with Gasteiger partial charge in [-0.3, -0.25) is 9.78 Å². The molecule has 2 aromatic rings. The summed E-state index contributed by atoms with van der Waals surface area (Å²) in [4.78, 5) is 27.9. The van der Waals surface area contributed by atoms with E-state index in [1.54, 1.807) is 33.0 Å². The second kappa shape index (κ2) is 4.96. The Labute approximate surface area is 116 Å². The van der Waals surface area contributed by atoms with Crippen LogP contribution in [0.1, 0.15) is 26.3 Å². The lowest BCUT2D eigenvalue weighted by molar-refractivity contribution is 0.0612. The number of nitrogens with one attached hydrogen (secondary N) is 1. The Morgan fingerprint density at radius 3 is 2.65 bits per heavy atom. The number of rotatable bonds is 1. The van der Waals surface area contributed by atoms with Crippen molar-refractivity contribution in [3.05, 3.63) is 40.6 Å². The maximum atomic E-state index is 12.2. The van der Waals surface area contributed by atoms with Crippen molar-refractivity contribution in [1.29, 1.82) is 0 Å². The Hall–Kier alpha value is -2.37. The minimum Gasteiger partial charge on any atom is -0.443 e. The topological polar surface area (TPSA) is 73.2 Å². The Kier molecular flexibility index (Phi) is 3.48. The molecule has 20 heavy (non-hydrogen) atoms. The molecule has 0 unspecified atom stereocenters. The van der Waals surface area contributed by atoms with E-state index in [2.05, 4.69) is 10.4 Å². The smallest absolute Gasteiger partial charge is 0.427 e. The Morgan fingerprint density at radius 2 is 2.00 bits per heavy atom. The SMILES string of the molecule is Cc1cncc2c(=O)n(NC(=O)OC(C)(C)C)ccc12. The highest BCUT2D eigenvalue weighted by Gasteiger charge is 2.17. The minimum atomic E-state index is -0.681. The van der Waals surface area contributed by atoms with Crippen molar-refractivity contribution in [3.63, 3.8) is 0 Å². The summed E-state index contributed by atoms with van der Waals surface area (Å²) in [6.07, 6.45) is 3.99. The van der Waals surface area contributed by atoms with Crippen LogP contribution < -0.4 is 11.0 Å². The third-order valence-corrected chi connectivity index (χ3v) is 2.64. The van der Waals surface area contributed by atoms with Gasteiger partial charge < -0.3 is 4.74 Å². The molecule has 0 saturated carbocycles. The van der Waals surface area contributed by atoms with E-state index in [-0.39, 0.29) is 5.56 Å². The van der Waals surface area contributed by atoms with Gasteiger partial charge in [0.05, 0.1) is 5.39 Å². The van der Waals surface area contributed by atoms with Crippen molar-refractivity contribution >= 4 is 16.9 Å². The summed E-state index contributed by atoms with van der Waals surface area (Å²) < 4.78 is 6.20. The average Bonchev–Trinajstić information content (AvgIpc) is 2.31. The van der Waals surface area contributed by atoms with E-state index in [0.717, 1.165) is 15.6 Å². The highest BCUT2D eigenvalue weighted by atomic mass is 16.6. The van der Waals surface area contributed by atoms with Gasteiger partial charge in [0.15, 0.2) is 0 Å². The van der Waals surface area contributed by atoms with Gasteiger partial charge in [-0.1, -0.05) is 0 Å². The van der Waals surface area contributed by atoms with E-state index >= 15 is 0 Å². The molecule has 0 atom stereocenters. The summed E-state index contributed by atoms with van der Waals surface area (Å²) in [6, 6.07) is 1.76. The number of hydrogen-bond donors (Lipinski definition) is 1. The third-order valence-electron chi connectivity index (χ3n) is 2.64. The fourth-order valence-electron chi connectivity index (χ4n) is 1.80. The molecule has 1 amide bonds. The van der Waals surface area contributed by atoms with E-state index in [0.29, 0.717) is 5.39 Å². The van der Waals surface area contributed by atoms with Crippen molar-refractivity contribution in [1.82, 2.24) is 9.66 Å². The maximum Gasteiger partial charge on any atom is 0.427 e. The highest BCUT2D eigenvalue weighted by Crippen LogP contribution is 2.12. The fourth-order valence-corrected chi connectivity index (χ4v) is 1.80.